The fraction of sp³-hybridized carbons (Fsp3) is 0.400. The molecule has 6 nitrogen and oxygen atoms in total. The van der Waals surface area contributed by atoms with Gasteiger partial charge in [0.2, 0.25) is 0 Å². The van der Waals surface area contributed by atoms with Gasteiger partial charge in [0.05, 0.1) is 6.04 Å². The van der Waals surface area contributed by atoms with Crippen LogP contribution in [-0.2, 0) is 9.59 Å². The molecule has 33 heavy (non-hydrogen) atoms. The minimum Gasteiger partial charge on any atom is -0.410 e. The number of hydrogen-bond donors (Lipinski definition) is 1. The van der Waals surface area contributed by atoms with Crippen LogP contribution < -0.4 is 15.0 Å². The van der Waals surface area contributed by atoms with E-state index in [-0.39, 0.29) is 24.4 Å². The summed E-state index contributed by atoms with van der Waals surface area (Å²) in [4.78, 5) is 40.1. The summed E-state index contributed by atoms with van der Waals surface area (Å²) in [6.07, 6.45) is -0.244. The third-order valence-corrected chi connectivity index (χ3v) is 5.96. The van der Waals surface area contributed by atoms with E-state index in [1.807, 2.05) is 49.1 Å². The first-order valence-corrected chi connectivity index (χ1v) is 12.0. The Hall–Kier alpha value is -2.57. The highest BCUT2D eigenvalue weighted by Crippen LogP contribution is 2.29. The molecule has 0 radical (unpaired) electrons. The molecular formula is C25H28Cl2N2O4. The molecule has 0 bridgehead atoms. The van der Waals surface area contributed by atoms with Crippen LogP contribution in [0.15, 0.2) is 42.5 Å². The normalized spacial score (nSPS) is 18.2. The second-order valence-corrected chi connectivity index (χ2v) is 8.96. The molecule has 0 aliphatic heterocycles. The van der Waals surface area contributed by atoms with Crippen molar-refractivity contribution in [2.75, 3.05) is 29.7 Å². The van der Waals surface area contributed by atoms with Crippen molar-refractivity contribution in [3.8, 4) is 5.75 Å². The van der Waals surface area contributed by atoms with Crippen molar-refractivity contribution in [2.45, 2.75) is 38.6 Å². The predicted octanol–water partition coefficient (Wildman–Crippen LogP) is 4.76. The lowest BCUT2D eigenvalue weighted by Crippen LogP contribution is -2.48. The highest BCUT2D eigenvalue weighted by atomic mass is 35.5. The van der Waals surface area contributed by atoms with Crippen LogP contribution in [0.3, 0.4) is 0 Å². The van der Waals surface area contributed by atoms with Crippen LogP contribution in [0, 0.1) is 13.8 Å². The first-order chi connectivity index (χ1) is 15.8. The molecule has 0 saturated heterocycles. The number of carbonyl (C=O) groups excluding carboxylic acids is 3. The number of carbonyl (C=O) groups is 3. The molecule has 0 heterocycles. The lowest BCUT2D eigenvalue weighted by Gasteiger charge is -2.28. The van der Waals surface area contributed by atoms with Crippen LogP contribution in [0.25, 0.3) is 0 Å². The number of alkyl halides is 2. The summed E-state index contributed by atoms with van der Waals surface area (Å²) in [5, 5.41) is 2.64. The standard InChI is InChI=1S/C25H28Cl2N2O4/c1-16-13-17(2)15-18(14-16)23-22(30)8-7-21(24(23)31)28-25(32)33-20-5-3-19(4-6-20)29(11-9-26)12-10-27/h3-6,13-15,21,23H,7-12H2,1-2H3,(H,28,32)/t21-,23?/m0/s1. The Morgan fingerprint density at radius 2 is 1.64 bits per heavy atom. The Balaban J connectivity index is 1.65. The summed E-state index contributed by atoms with van der Waals surface area (Å²) in [5.41, 5.74) is 3.57. The molecule has 1 aliphatic rings. The van der Waals surface area contributed by atoms with Crippen LogP contribution in [0.1, 0.15) is 35.4 Å². The van der Waals surface area contributed by atoms with Gasteiger partial charge in [-0.05, 0) is 50.1 Å². The highest BCUT2D eigenvalue weighted by molar-refractivity contribution is 6.18. The Kier molecular flexibility index (Phi) is 8.75. The SMILES string of the molecule is Cc1cc(C)cc(C2C(=O)CC[C@H](NC(=O)Oc3ccc(N(CCCl)CCCl)cc3)C2=O)c1. The summed E-state index contributed by atoms with van der Waals surface area (Å²) in [5.74, 6) is -0.00123. The lowest BCUT2D eigenvalue weighted by molar-refractivity contribution is -0.133. The number of amides is 1. The largest absolute Gasteiger partial charge is 0.413 e. The molecule has 1 aliphatic carbocycles. The average Bonchev–Trinajstić information content (AvgIpc) is 2.76. The fourth-order valence-electron chi connectivity index (χ4n) is 4.18. The van der Waals surface area contributed by atoms with Crippen LogP contribution >= 0.6 is 23.2 Å². The second kappa shape index (κ2) is 11.5. The minimum atomic E-state index is -0.864. The van der Waals surface area contributed by atoms with Gasteiger partial charge >= 0.3 is 6.09 Å². The van der Waals surface area contributed by atoms with E-state index in [4.69, 9.17) is 27.9 Å². The molecule has 1 unspecified atom stereocenters. The predicted molar refractivity (Wildman–Crippen MR) is 131 cm³/mol. The van der Waals surface area contributed by atoms with Crippen LogP contribution in [0.4, 0.5) is 10.5 Å². The molecule has 0 aromatic heterocycles. The molecule has 2 aromatic rings. The van der Waals surface area contributed by atoms with E-state index in [0.717, 1.165) is 16.8 Å². The molecule has 1 amide bonds. The summed E-state index contributed by atoms with van der Waals surface area (Å²) >= 11 is 11.7. The van der Waals surface area contributed by atoms with Gasteiger partial charge in [-0.25, -0.2) is 4.79 Å². The second-order valence-electron chi connectivity index (χ2n) is 8.21. The number of ether oxygens (including phenoxy) is 1. The van der Waals surface area contributed by atoms with Gasteiger partial charge in [0.25, 0.3) is 0 Å². The molecule has 1 N–H and O–H groups in total. The molecular weight excluding hydrogens is 463 g/mol. The van der Waals surface area contributed by atoms with Crippen molar-refractivity contribution >= 4 is 46.5 Å². The maximum atomic E-state index is 13.1. The van der Waals surface area contributed by atoms with Gasteiger partial charge in [0.15, 0.2) is 5.78 Å². The number of benzene rings is 2. The summed E-state index contributed by atoms with van der Waals surface area (Å²) in [6, 6.07) is 11.9. The fourth-order valence-corrected chi connectivity index (χ4v) is 4.59. The number of Topliss-reactive ketones (excluding diaryl/α,β-unsaturated/α-hetero) is 2. The summed E-state index contributed by atoms with van der Waals surface area (Å²) in [6.45, 7) is 5.16. The van der Waals surface area contributed by atoms with Crippen molar-refractivity contribution in [1.82, 2.24) is 5.32 Å². The van der Waals surface area contributed by atoms with Crippen molar-refractivity contribution in [3.63, 3.8) is 0 Å². The zero-order chi connectivity index (χ0) is 24.0. The number of aryl methyl sites for hydroxylation is 2. The van der Waals surface area contributed by atoms with Crippen molar-refractivity contribution < 1.29 is 19.1 Å². The first-order valence-electron chi connectivity index (χ1n) is 10.9. The lowest BCUT2D eigenvalue weighted by atomic mass is 9.78. The minimum absolute atomic E-state index is 0.120. The Morgan fingerprint density at radius 3 is 2.21 bits per heavy atom. The first kappa shape index (κ1) is 25.1. The quantitative estimate of drug-likeness (QED) is 0.426. The van der Waals surface area contributed by atoms with E-state index in [1.54, 1.807) is 12.1 Å². The number of nitrogens with one attached hydrogen (secondary N) is 1. The molecule has 2 atom stereocenters. The smallest absolute Gasteiger partial charge is 0.410 e. The van der Waals surface area contributed by atoms with Gasteiger partial charge < -0.3 is 15.0 Å². The van der Waals surface area contributed by atoms with E-state index < -0.39 is 18.1 Å². The van der Waals surface area contributed by atoms with E-state index >= 15 is 0 Å². The van der Waals surface area contributed by atoms with Gasteiger partial charge in [-0.15, -0.1) is 23.2 Å². The maximum Gasteiger partial charge on any atom is 0.413 e. The molecule has 176 valence electrons. The Morgan fingerprint density at radius 1 is 1.03 bits per heavy atom. The van der Waals surface area contributed by atoms with Gasteiger partial charge in [0, 0.05) is 37.0 Å². The highest BCUT2D eigenvalue weighted by Gasteiger charge is 2.39. The Bertz CT molecular complexity index is 984. The molecule has 1 saturated carbocycles. The van der Waals surface area contributed by atoms with Crippen molar-refractivity contribution in [2.24, 2.45) is 0 Å². The number of hydrogen-bond acceptors (Lipinski definition) is 5. The number of nitrogens with zero attached hydrogens (tertiary/aromatic N) is 1. The van der Waals surface area contributed by atoms with Gasteiger partial charge in [-0.3, -0.25) is 9.59 Å². The zero-order valence-electron chi connectivity index (χ0n) is 18.8. The summed E-state index contributed by atoms with van der Waals surface area (Å²) in [7, 11) is 0. The van der Waals surface area contributed by atoms with Crippen molar-refractivity contribution in [3.05, 3.63) is 59.2 Å². The van der Waals surface area contributed by atoms with Gasteiger partial charge in [0.1, 0.15) is 17.5 Å². The van der Waals surface area contributed by atoms with Gasteiger partial charge in [-0.1, -0.05) is 29.3 Å². The molecule has 0 spiro atoms. The van der Waals surface area contributed by atoms with Crippen LogP contribution in [0.5, 0.6) is 5.75 Å². The number of ketones is 2. The summed E-state index contributed by atoms with van der Waals surface area (Å²) < 4.78 is 5.37. The van der Waals surface area contributed by atoms with E-state index in [2.05, 4.69) is 5.32 Å². The van der Waals surface area contributed by atoms with E-state index in [0.29, 0.717) is 36.2 Å². The number of anilines is 1. The zero-order valence-corrected chi connectivity index (χ0v) is 20.3. The monoisotopic (exact) mass is 490 g/mol. The van der Waals surface area contributed by atoms with Crippen LogP contribution in [-0.4, -0.2) is 48.6 Å². The van der Waals surface area contributed by atoms with E-state index in [9.17, 15) is 14.4 Å². The average molecular weight is 491 g/mol. The molecule has 1 fully saturated rings. The number of rotatable bonds is 8. The van der Waals surface area contributed by atoms with Crippen LogP contribution in [0.2, 0.25) is 0 Å². The molecule has 3 rings (SSSR count). The third kappa shape index (κ3) is 6.49. The number of halogens is 2. The van der Waals surface area contributed by atoms with Gasteiger partial charge in [-0.2, -0.15) is 0 Å². The third-order valence-electron chi connectivity index (χ3n) is 5.62. The maximum absolute atomic E-state index is 13.1. The topological polar surface area (TPSA) is 75.7 Å². The van der Waals surface area contributed by atoms with Crippen molar-refractivity contribution in [1.29, 1.82) is 0 Å². The molecule has 8 heteroatoms. The van der Waals surface area contributed by atoms with E-state index in [1.165, 1.54) is 0 Å². The Labute approximate surface area is 204 Å². The molecule has 2 aromatic carbocycles.